The molecule has 0 bridgehead atoms. The summed E-state index contributed by atoms with van der Waals surface area (Å²) in [7, 11) is 4.72. The highest BCUT2D eigenvalue weighted by Crippen LogP contribution is 2.40. The second-order valence-electron chi connectivity index (χ2n) is 8.52. The van der Waals surface area contributed by atoms with Crippen molar-refractivity contribution in [2.75, 3.05) is 26.6 Å². The van der Waals surface area contributed by atoms with Crippen LogP contribution in [0.4, 0.5) is 11.5 Å². The number of rotatable bonds is 17. The number of Topliss-reactive ketones (excluding diaryl/α,β-unsaturated/α-hetero) is 1. The van der Waals surface area contributed by atoms with Crippen LogP contribution >= 0.6 is 0 Å². The Kier molecular flexibility index (Phi) is 12.2. The molecule has 36 heavy (non-hydrogen) atoms. The van der Waals surface area contributed by atoms with Crippen LogP contribution in [0.1, 0.15) is 57.4 Å². The van der Waals surface area contributed by atoms with Gasteiger partial charge < -0.3 is 34.4 Å². The first-order valence-corrected chi connectivity index (χ1v) is 12.2. The number of unbranched alkanes of at least 4 members (excludes halogenated alkanes) is 3. The summed E-state index contributed by atoms with van der Waals surface area (Å²) >= 11 is 0. The third-order valence-electron chi connectivity index (χ3n) is 5.74. The molecule has 0 saturated carbocycles. The molecule has 0 spiro atoms. The highest BCUT2D eigenvalue weighted by atomic mass is 16.5. The summed E-state index contributed by atoms with van der Waals surface area (Å²) in [5, 5.41) is 6.04. The van der Waals surface area contributed by atoms with Crippen molar-refractivity contribution in [1.29, 1.82) is 0 Å². The smallest absolute Gasteiger partial charge is 0.220 e. The third-order valence-corrected chi connectivity index (χ3v) is 5.74. The number of benzene rings is 1. The minimum atomic E-state index is -0.594. The fraction of sp³-hybridized carbons (Fsp3) is 0.481. The van der Waals surface area contributed by atoms with Crippen LogP contribution in [0, 0.1) is 0 Å². The highest BCUT2D eigenvalue weighted by Gasteiger charge is 2.15. The molecule has 9 nitrogen and oxygen atoms in total. The quantitative estimate of drug-likeness (QED) is 0.243. The van der Waals surface area contributed by atoms with Gasteiger partial charge in [-0.15, -0.1) is 0 Å². The highest BCUT2D eigenvalue weighted by molar-refractivity contribution is 5.80. The predicted octanol–water partition coefficient (Wildman–Crippen LogP) is 4.40. The largest absolute Gasteiger partial charge is 0.493 e. The fourth-order valence-corrected chi connectivity index (χ4v) is 3.81. The Balaban J connectivity index is 1.83. The number of pyridine rings is 1. The Morgan fingerprint density at radius 1 is 1.00 bits per heavy atom. The van der Waals surface area contributed by atoms with Crippen LogP contribution in [0.3, 0.4) is 0 Å². The van der Waals surface area contributed by atoms with Gasteiger partial charge in [0.05, 0.1) is 27.4 Å². The zero-order valence-corrected chi connectivity index (χ0v) is 21.6. The third kappa shape index (κ3) is 9.20. The second kappa shape index (κ2) is 15.4. The molecule has 2 N–H and O–H groups in total. The molecule has 2 rings (SSSR count). The standard InChI is InChI=1S/C27H37N3O6/c1-19(32)13-14-21(18-31)29-25(33)12-8-6-5-7-10-20-11-9-15-28-27(20)30-22-16-23(34-2)26(36-4)24(17-22)35-3/h9,11,15-18,21H,5-8,10,12-14H2,1-4H3,(H,28,30)(H,29,33). The number of amides is 1. The molecule has 0 fully saturated rings. The van der Waals surface area contributed by atoms with Gasteiger partial charge in [-0.2, -0.15) is 0 Å². The Hall–Kier alpha value is -3.62. The molecule has 1 aromatic heterocycles. The summed E-state index contributed by atoms with van der Waals surface area (Å²) in [6, 6.07) is 7.03. The van der Waals surface area contributed by atoms with Crippen molar-refractivity contribution >= 4 is 29.5 Å². The Morgan fingerprint density at radius 2 is 1.69 bits per heavy atom. The van der Waals surface area contributed by atoms with Gasteiger partial charge in [0.25, 0.3) is 0 Å². The van der Waals surface area contributed by atoms with E-state index in [4.69, 9.17) is 14.2 Å². The predicted molar refractivity (Wildman–Crippen MR) is 138 cm³/mol. The first-order valence-electron chi connectivity index (χ1n) is 12.2. The molecule has 0 radical (unpaired) electrons. The summed E-state index contributed by atoms with van der Waals surface area (Å²) in [6.07, 6.45) is 7.84. The zero-order valence-electron chi connectivity index (χ0n) is 21.6. The van der Waals surface area contributed by atoms with E-state index in [1.165, 1.54) is 6.92 Å². The van der Waals surface area contributed by atoms with Crippen LogP contribution < -0.4 is 24.8 Å². The fourth-order valence-electron chi connectivity index (χ4n) is 3.81. The number of nitrogens with one attached hydrogen (secondary N) is 2. The molecule has 1 amide bonds. The van der Waals surface area contributed by atoms with Gasteiger partial charge in [-0.1, -0.05) is 18.9 Å². The summed E-state index contributed by atoms with van der Waals surface area (Å²) in [5.41, 5.74) is 1.86. The lowest BCUT2D eigenvalue weighted by Gasteiger charge is -2.16. The van der Waals surface area contributed by atoms with Crippen molar-refractivity contribution in [1.82, 2.24) is 10.3 Å². The molecule has 9 heteroatoms. The lowest BCUT2D eigenvalue weighted by Crippen LogP contribution is -2.36. The van der Waals surface area contributed by atoms with E-state index in [2.05, 4.69) is 15.6 Å². The van der Waals surface area contributed by atoms with Crippen LogP contribution in [0.25, 0.3) is 0 Å². The maximum atomic E-state index is 12.1. The number of ketones is 1. The van der Waals surface area contributed by atoms with Gasteiger partial charge in [0, 0.05) is 36.9 Å². The lowest BCUT2D eigenvalue weighted by atomic mass is 10.1. The normalized spacial score (nSPS) is 11.3. The topological polar surface area (TPSA) is 116 Å². The molecule has 1 unspecified atom stereocenters. The first kappa shape index (κ1) is 28.6. The number of anilines is 2. The second-order valence-corrected chi connectivity index (χ2v) is 8.52. The van der Waals surface area contributed by atoms with Gasteiger partial charge >= 0.3 is 0 Å². The van der Waals surface area contributed by atoms with Crippen LogP contribution in [0.5, 0.6) is 17.2 Å². The zero-order chi connectivity index (χ0) is 26.3. The lowest BCUT2D eigenvalue weighted by molar-refractivity contribution is -0.124. The summed E-state index contributed by atoms with van der Waals surface area (Å²) in [4.78, 5) is 38.7. The van der Waals surface area contributed by atoms with Crippen LogP contribution in [0.2, 0.25) is 0 Å². The van der Waals surface area contributed by atoms with E-state index in [-0.39, 0.29) is 18.1 Å². The number of nitrogens with zero attached hydrogens (tertiary/aromatic N) is 1. The van der Waals surface area contributed by atoms with Gasteiger partial charge in [0.15, 0.2) is 11.5 Å². The van der Waals surface area contributed by atoms with Crippen molar-refractivity contribution in [3.05, 3.63) is 36.0 Å². The van der Waals surface area contributed by atoms with Crippen LogP contribution in [-0.4, -0.2) is 50.3 Å². The average Bonchev–Trinajstić information content (AvgIpc) is 2.88. The maximum absolute atomic E-state index is 12.1. The molecule has 0 saturated heterocycles. The number of hydrogen-bond donors (Lipinski definition) is 2. The van der Waals surface area contributed by atoms with Gasteiger partial charge in [0.1, 0.15) is 17.9 Å². The molecular weight excluding hydrogens is 462 g/mol. The molecule has 2 aromatic rings. The molecule has 1 aromatic carbocycles. The van der Waals surface area contributed by atoms with Gasteiger partial charge in [-0.25, -0.2) is 4.98 Å². The number of aromatic nitrogens is 1. The molecule has 196 valence electrons. The minimum absolute atomic E-state index is 0.00604. The van der Waals surface area contributed by atoms with Crippen molar-refractivity contribution in [3.63, 3.8) is 0 Å². The number of carbonyl (C=O) groups is 3. The summed E-state index contributed by atoms with van der Waals surface area (Å²) in [6.45, 7) is 1.47. The van der Waals surface area contributed by atoms with Gasteiger partial charge in [-0.3, -0.25) is 4.79 Å². The van der Waals surface area contributed by atoms with Crippen LogP contribution in [-0.2, 0) is 20.8 Å². The molecule has 0 aliphatic rings. The van der Waals surface area contributed by atoms with E-state index in [9.17, 15) is 14.4 Å². The Bertz CT molecular complexity index is 986. The Labute approximate surface area is 212 Å². The van der Waals surface area contributed by atoms with Crippen molar-refractivity contribution in [2.45, 2.75) is 64.3 Å². The number of ether oxygens (including phenoxy) is 3. The summed E-state index contributed by atoms with van der Waals surface area (Å²) < 4.78 is 16.2. The average molecular weight is 500 g/mol. The van der Waals surface area contributed by atoms with E-state index >= 15 is 0 Å². The number of aryl methyl sites for hydroxylation is 1. The molecule has 1 atom stereocenters. The van der Waals surface area contributed by atoms with E-state index in [1.54, 1.807) is 27.5 Å². The summed E-state index contributed by atoms with van der Waals surface area (Å²) in [5.74, 6) is 2.25. The SMILES string of the molecule is COc1cc(Nc2ncccc2CCCCCCC(=O)NC(C=O)CCC(C)=O)cc(OC)c1OC. The van der Waals surface area contributed by atoms with Crippen molar-refractivity contribution in [2.24, 2.45) is 0 Å². The molecular formula is C27H37N3O6. The van der Waals surface area contributed by atoms with Crippen molar-refractivity contribution < 1.29 is 28.6 Å². The van der Waals surface area contributed by atoms with E-state index < -0.39 is 6.04 Å². The number of carbonyl (C=O) groups excluding carboxylic acids is 3. The monoisotopic (exact) mass is 499 g/mol. The van der Waals surface area contributed by atoms with E-state index in [1.807, 2.05) is 24.3 Å². The van der Waals surface area contributed by atoms with E-state index in [0.717, 1.165) is 49.2 Å². The first-order chi connectivity index (χ1) is 17.4. The Morgan fingerprint density at radius 3 is 2.31 bits per heavy atom. The molecule has 0 aliphatic heterocycles. The van der Waals surface area contributed by atoms with Crippen molar-refractivity contribution in [3.8, 4) is 17.2 Å². The van der Waals surface area contributed by atoms with E-state index in [0.29, 0.717) is 36.4 Å². The minimum Gasteiger partial charge on any atom is -0.493 e. The number of aldehydes is 1. The van der Waals surface area contributed by atoms with Gasteiger partial charge in [0.2, 0.25) is 11.7 Å². The van der Waals surface area contributed by atoms with Crippen LogP contribution in [0.15, 0.2) is 30.5 Å². The maximum Gasteiger partial charge on any atom is 0.220 e. The van der Waals surface area contributed by atoms with Gasteiger partial charge in [-0.05, 0) is 44.2 Å². The number of methoxy groups -OCH3 is 3. The molecule has 1 heterocycles. The molecule has 0 aliphatic carbocycles. The number of hydrogen-bond acceptors (Lipinski definition) is 8.